The van der Waals surface area contributed by atoms with E-state index >= 15 is 0 Å². The molecule has 0 aliphatic rings. The second-order valence-electron chi connectivity index (χ2n) is 7.64. The summed E-state index contributed by atoms with van der Waals surface area (Å²) in [6.45, 7) is 2.09. The van der Waals surface area contributed by atoms with E-state index in [2.05, 4.69) is 9.71 Å². The van der Waals surface area contributed by atoms with Gasteiger partial charge in [-0.3, -0.25) is 9.71 Å². The van der Waals surface area contributed by atoms with Crippen molar-refractivity contribution >= 4 is 31.4 Å². The fraction of sp³-hybridized carbons (Fsp3) is 0.227. The lowest BCUT2D eigenvalue weighted by atomic mass is 10.1. The van der Waals surface area contributed by atoms with Crippen LogP contribution < -0.4 is 9.62 Å². The summed E-state index contributed by atoms with van der Waals surface area (Å²) in [6.07, 6.45) is 1.15. The first-order valence-corrected chi connectivity index (χ1v) is 12.8. The Kier molecular flexibility index (Phi) is 7.06. The van der Waals surface area contributed by atoms with Gasteiger partial charge in [-0.1, -0.05) is 12.1 Å². The molecule has 3 rings (SSSR count). The Hall–Kier alpha value is -3.02. The van der Waals surface area contributed by atoms with E-state index in [1.54, 1.807) is 43.1 Å². The molecule has 0 unspecified atom stereocenters. The van der Waals surface area contributed by atoms with Crippen molar-refractivity contribution in [3.63, 3.8) is 0 Å². The molecule has 0 amide bonds. The molecule has 0 saturated carbocycles. The predicted molar refractivity (Wildman–Crippen MR) is 126 cm³/mol. The van der Waals surface area contributed by atoms with Gasteiger partial charge in [-0.2, -0.15) is 0 Å². The van der Waals surface area contributed by atoms with Crippen molar-refractivity contribution in [3.05, 3.63) is 77.9 Å². The summed E-state index contributed by atoms with van der Waals surface area (Å²) in [6, 6.07) is 13.2. The van der Waals surface area contributed by atoms with Crippen molar-refractivity contribution in [2.24, 2.45) is 0 Å². The first-order valence-electron chi connectivity index (χ1n) is 9.88. The Morgan fingerprint density at radius 3 is 2.18 bits per heavy atom. The molecule has 33 heavy (non-hydrogen) atoms. The molecule has 0 aliphatic carbocycles. The number of rotatable bonds is 8. The van der Waals surface area contributed by atoms with Gasteiger partial charge in [-0.15, -0.1) is 0 Å². The maximum absolute atomic E-state index is 13.6. The molecular formula is C22H25FN4O4S2. The highest BCUT2D eigenvalue weighted by molar-refractivity contribution is 7.92. The van der Waals surface area contributed by atoms with E-state index in [1.807, 2.05) is 0 Å². The van der Waals surface area contributed by atoms with E-state index < -0.39 is 25.9 Å². The second-order valence-corrected chi connectivity index (χ2v) is 11.5. The van der Waals surface area contributed by atoms with Crippen LogP contribution in [-0.4, -0.2) is 47.3 Å². The molecule has 0 aliphatic heterocycles. The van der Waals surface area contributed by atoms with E-state index in [-0.39, 0.29) is 9.79 Å². The quantitative estimate of drug-likeness (QED) is 0.518. The highest BCUT2D eigenvalue weighted by Gasteiger charge is 2.21. The molecule has 2 aromatic carbocycles. The van der Waals surface area contributed by atoms with Crippen LogP contribution in [0, 0.1) is 12.7 Å². The lowest BCUT2D eigenvalue weighted by Crippen LogP contribution is -2.22. The highest BCUT2D eigenvalue weighted by atomic mass is 32.2. The summed E-state index contributed by atoms with van der Waals surface area (Å²) in [4.78, 5) is 5.72. The third-order valence-corrected chi connectivity index (χ3v) is 8.25. The van der Waals surface area contributed by atoms with Gasteiger partial charge >= 0.3 is 0 Å². The van der Waals surface area contributed by atoms with Crippen LogP contribution >= 0.6 is 0 Å². The van der Waals surface area contributed by atoms with Crippen molar-refractivity contribution in [2.45, 2.75) is 23.3 Å². The van der Waals surface area contributed by atoms with Crippen molar-refractivity contribution in [3.8, 4) is 0 Å². The van der Waals surface area contributed by atoms with Crippen molar-refractivity contribution in [1.29, 1.82) is 0 Å². The van der Waals surface area contributed by atoms with Gasteiger partial charge in [0.05, 0.1) is 27.4 Å². The van der Waals surface area contributed by atoms with Crippen LogP contribution in [0.2, 0.25) is 0 Å². The van der Waals surface area contributed by atoms with Gasteiger partial charge in [0.1, 0.15) is 5.82 Å². The number of halogens is 1. The van der Waals surface area contributed by atoms with Crippen molar-refractivity contribution in [2.75, 3.05) is 30.8 Å². The number of hydrogen-bond donors (Lipinski definition) is 1. The fourth-order valence-electron chi connectivity index (χ4n) is 3.15. The monoisotopic (exact) mass is 492 g/mol. The molecule has 0 bridgehead atoms. The van der Waals surface area contributed by atoms with Gasteiger partial charge in [0.2, 0.25) is 10.0 Å². The summed E-state index contributed by atoms with van der Waals surface area (Å²) in [5.41, 5.74) is 2.26. The highest BCUT2D eigenvalue weighted by Crippen LogP contribution is 2.29. The number of nitrogens with zero attached hydrogens (tertiary/aromatic N) is 3. The van der Waals surface area contributed by atoms with Crippen LogP contribution in [0.3, 0.4) is 0 Å². The minimum atomic E-state index is -4.00. The number of para-hydroxylation sites is 2. The first kappa shape index (κ1) is 24.6. The molecule has 11 heteroatoms. The number of anilines is 2. The predicted octanol–water partition coefficient (Wildman–Crippen LogP) is 3.22. The minimum absolute atomic E-state index is 0.00865. The summed E-state index contributed by atoms with van der Waals surface area (Å²) >= 11 is 0. The molecule has 0 atom stereocenters. The van der Waals surface area contributed by atoms with Crippen molar-refractivity contribution < 1.29 is 21.2 Å². The normalized spacial score (nSPS) is 12.1. The molecule has 0 fully saturated rings. The summed E-state index contributed by atoms with van der Waals surface area (Å²) in [5, 5.41) is 0. The molecule has 0 spiro atoms. The topological polar surface area (TPSA) is 99.7 Å². The fourth-order valence-corrected chi connectivity index (χ4v) is 5.12. The zero-order valence-electron chi connectivity index (χ0n) is 18.6. The van der Waals surface area contributed by atoms with E-state index in [0.29, 0.717) is 29.2 Å². The number of nitrogens with one attached hydrogen (secondary N) is 1. The Morgan fingerprint density at radius 1 is 0.939 bits per heavy atom. The van der Waals surface area contributed by atoms with Gasteiger partial charge in [0.15, 0.2) is 0 Å². The van der Waals surface area contributed by atoms with Crippen LogP contribution in [-0.2, 0) is 26.6 Å². The third-order valence-electron chi connectivity index (χ3n) is 5.04. The maximum atomic E-state index is 13.6. The van der Waals surface area contributed by atoms with Crippen LogP contribution in [0.15, 0.2) is 70.6 Å². The van der Waals surface area contributed by atoms with E-state index in [4.69, 9.17) is 0 Å². The minimum Gasteiger partial charge on any atom is -0.369 e. The van der Waals surface area contributed by atoms with E-state index in [0.717, 1.165) is 10.5 Å². The summed E-state index contributed by atoms with van der Waals surface area (Å²) in [5.74, 6) is -0.447. The van der Waals surface area contributed by atoms with Crippen LogP contribution in [0.1, 0.15) is 11.3 Å². The zero-order chi connectivity index (χ0) is 24.4. The average Bonchev–Trinajstić information content (AvgIpc) is 2.76. The van der Waals surface area contributed by atoms with Crippen LogP contribution in [0.5, 0.6) is 0 Å². The Morgan fingerprint density at radius 2 is 1.55 bits per heavy atom. The van der Waals surface area contributed by atoms with E-state index in [9.17, 15) is 21.2 Å². The van der Waals surface area contributed by atoms with Gasteiger partial charge in [0.25, 0.3) is 10.0 Å². The maximum Gasteiger partial charge on any atom is 0.261 e. The summed E-state index contributed by atoms with van der Waals surface area (Å²) in [7, 11) is -3.11. The lowest BCUT2D eigenvalue weighted by Gasteiger charge is -2.23. The molecule has 0 saturated heterocycles. The van der Waals surface area contributed by atoms with Gasteiger partial charge in [-0.25, -0.2) is 25.5 Å². The lowest BCUT2D eigenvalue weighted by molar-refractivity contribution is 0.520. The number of hydrogen-bond acceptors (Lipinski definition) is 6. The standard InChI is InChI=1S/C22H25FN4O4S2/c1-16-17(13-18(23)14-24-16)15-27(4)22-8-6-5-7-21(22)25-32(28,29)19-9-11-20(12-10-19)33(30,31)26(2)3/h5-14,25H,15H2,1-4H3. The smallest absolute Gasteiger partial charge is 0.261 e. The largest absolute Gasteiger partial charge is 0.369 e. The average molecular weight is 493 g/mol. The van der Waals surface area contributed by atoms with Crippen LogP contribution in [0.25, 0.3) is 0 Å². The van der Waals surface area contributed by atoms with Gasteiger partial charge in [0, 0.05) is 33.4 Å². The Bertz CT molecular complexity index is 1360. The molecule has 8 nitrogen and oxygen atoms in total. The number of aryl methyl sites for hydroxylation is 1. The van der Waals surface area contributed by atoms with Gasteiger partial charge in [-0.05, 0) is 55.0 Å². The molecule has 1 aromatic heterocycles. The zero-order valence-corrected chi connectivity index (χ0v) is 20.3. The first-order chi connectivity index (χ1) is 15.4. The van der Waals surface area contributed by atoms with Crippen molar-refractivity contribution in [1.82, 2.24) is 9.29 Å². The van der Waals surface area contributed by atoms with Crippen LogP contribution in [0.4, 0.5) is 15.8 Å². The molecular weight excluding hydrogens is 467 g/mol. The Balaban J connectivity index is 1.87. The Labute approximate surface area is 193 Å². The second kappa shape index (κ2) is 9.46. The third kappa shape index (κ3) is 5.49. The number of benzene rings is 2. The van der Waals surface area contributed by atoms with Gasteiger partial charge < -0.3 is 4.90 Å². The molecule has 1 N–H and O–H groups in total. The number of pyridine rings is 1. The number of aromatic nitrogens is 1. The SMILES string of the molecule is Cc1ncc(F)cc1CN(C)c1ccccc1NS(=O)(=O)c1ccc(S(=O)(=O)N(C)C)cc1. The van der Waals surface area contributed by atoms with E-state index in [1.165, 1.54) is 44.4 Å². The molecule has 176 valence electrons. The summed E-state index contributed by atoms with van der Waals surface area (Å²) < 4.78 is 67.6. The molecule has 1 heterocycles. The molecule has 0 radical (unpaired) electrons. The number of sulfonamides is 2. The molecule has 3 aromatic rings.